The van der Waals surface area contributed by atoms with E-state index in [0.717, 1.165) is 5.69 Å². The van der Waals surface area contributed by atoms with Crippen LogP contribution < -0.4 is 9.47 Å². The van der Waals surface area contributed by atoms with Crippen LogP contribution in [0.25, 0.3) is 17.1 Å². The molecule has 0 amide bonds. The van der Waals surface area contributed by atoms with Crippen LogP contribution >= 0.6 is 11.6 Å². The van der Waals surface area contributed by atoms with Crippen LogP contribution in [0.2, 0.25) is 0 Å². The molecular weight excluding hydrogens is 369 g/mol. The maximum atomic E-state index is 12.3. The van der Waals surface area contributed by atoms with Gasteiger partial charge in [-0.3, -0.25) is 4.57 Å². The molecule has 0 aliphatic heterocycles. The minimum atomic E-state index is -4.73. The predicted molar refractivity (Wildman–Crippen MR) is 91.8 cm³/mol. The maximum Gasteiger partial charge on any atom is 0.573 e. The van der Waals surface area contributed by atoms with Crippen LogP contribution in [0.5, 0.6) is 11.5 Å². The fourth-order valence-electron chi connectivity index (χ4n) is 2.44. The molecule has 0 aliphatic rings. The van der Waals surface area contributed by atoms with Crippen molar-refractivity contribution >= 4 is 11.6 Å². The first-order valence-electron chi connectivity index (χ1n) is 7.54. The Hall–Kier alpha value is -2.67. The van der Waals surface area contributed by atoms with Gasteiger partial charge in [-0.1, -0.05) is 0 Å². The molecule has 0 fully saturated rings. The minimum absolute atomic E-state index is 0.214. The highest BCUT2D eigenvalue weighted by Crippen LogP contribution is 2.28. The van der Waals surface area contributed by atoms with Crippen molar-refractivity contribution in [3.05, 3.63) is 60.4 Å². The monoisotopic (exact) mass is 382 g/mol. The van der Waals surface area contributed by atoms with Gasteiger partial charge in [0, 0.05) is 17.4 Å². The van der Waals surface area contributed by atoms with Gasteiger partial charge in [0.15, 0.2) is 0 Å². The molecular formula is C18H14ClF3N2O2. The summed E-state index contributed by atoms with van der Waals surface area (Å²) in [6, 6.07) is 12.8. The molecule has 0 saturated heterocycles. The lowest BCUT2D eigenvalue weighted by atomic mass is 10.2. The number of hydrogen-bond donors (Lipinski definition) is 0. The van der Waals surface area contributed by atoms with Gasteiger partial charge in [-0.2, -0.15) is 0 Å². The zero-order valence-corrected chi connectivity index (χ0v) is 14.4. The second-order valence-electron chi connectivity index (χ2n) is 5.33. The van der Waals surface area contributed by atoms with Crippen LogP contribution in [0, 0.1) is 0 Å². The summed E-state index contributed by atoms with van der Waals surface area (Å²) in [6.45, 7) is 0. The third-order valence-electron chi connectivity index (χ3n) is 3.59. The number of hydrogen-bond acceptors (Lipinski definition) is 3. The van der Waals surface area contributed by atoms with Crippen LogP contribution in [0.15, 0.2) is 54.7 Å². The number of aromatic nitrogens is 2. The summed E-state index contributed by atoms with van der Waals surface area (Å²) in [7, 11) is 1.58. The van der Waals surface area contributed by atoms with E-state index < -0.39 is 6.36 Å². The molecule has 0 radical (unpaired) electrons. The molecule has 0 aliphatic carbocycles. The SMILES string of the molecule is COc1ccc(-n2cc(CCl)nc2-c2ccc(OC(F)(F)F)cc2)cc1. The normalized spacial score (nSPS) is 11.4. The number of halogens is 4. The Labute approximate surface area is 152 Å². The first-order valence-corrected chi connectivity index (χ1v) is 8.08. The van der Waals surface area contributed by atoms with Gasteiger partial charge in [-0.25, -0.2) is 4.98 Å². The summed E-state index contributed by atoms with van der Waals surface area (Å²) >= 11 is 5.89. The Balaban J connectivity index is 1.97. The number of methoxy groups -OCH3 is 1. The van der Waals surface area contributed by atoms with E-state index in [4.69, 9.17) is 16.3 Å². The second kappa shape index (κ2) is 7.29. The molecule has 0 saturated carbocycles. The van der Waals surface area contributed by atoms with Gasteiger partial charge in [0.25, 0.3) is 0 Å². The second-order valence-corrected chi connectivity index (χ2v) is 5.60. The molecule has 3 rings (SSSR count). The van der Waals surface area contributed by atoms with E-state index in [-0.39, 0.29) is 11.6 Å². The van der Waals surface area contributed by atoms with Crippen molar-refractivity contribution in [2.45, 2.75) is 12.2 Å². The van der Waals surface area contributed by atoms with E-state index in [1.165, 1.54) is 24.3 Å². The Morgan fingerprint density at radius 3 is 2.15 bits per heavy atom. The standard InChI is InChI=1S/C18H14ClF3N2O2/c1-25-15-8-4-14(5-9-15)24-11-13(10-19)23-17(24)12-2-6-16(7-3-12)26-18(20,21)22/h2-9,11H,10H2,1H3. The molecule has 1 aromatic heterocycles. The van der Waals surface area contributed by atoms with Gasteiger partial charge in [0.05, 0.1) is 18.7 Å². The molecule has 3 aromatic rings. The van der Waals surface area contributed by atoms with Crippen LogP contribution in [-0.4, -0.2) is 23.0 Å². The topological polar surface area (TPSA) is 36.3 Å². The average Bonchev–Trinajstić information content (AvgIpc) is 3.05. The van der Waals surface area contributed by atoms with Crippen molar-refractivity contribution in [3.63, 3.8) is 0 Å². The third kappa shape index (κ3) is 4.11. The van der Waals surface area contributed by atoms with Crippen molar-refractivity contribution in [2.75, 3.05) is 7.11 Å². The average molecular weight is 383 g/mol. The summed E-state index contributed by atoms with van der Waals surface area (Å²) in [5.41, 5.74) is 2.10. The molecule has 0 N–H and O–H groups in total. The third-order valence-corrected chi connectivity index (χ3v) is 3.86. The molecule has 136 valence electrons. The van der Waals surface area contributed by atoms with E-state index in [2.05, 4.69) is 9.72 Å². The van der Waals surface area contributed by atoms with Crippen LogP contribution in [0.3, 0.4) is 0 Å². The van der Waals surface area contributed by atoms with Gasteiger partial charge in [0.2, 0.25) is 0 Å². The summed E-state index contributed by atoms with van der Waals surface area (Å²) in [4.78, 5) is 4.46. The first kappa shape index (κ1) is 18.1. The quantitative estimate of drug-likeness (QED) is 0.570. The molecule has 8 heteroatoms. The fraction of sp³-hybridized carbons (Fsp3) is 0.167. The maximum absolute atomic E-state index is 12.3. The summed E-state index contributed by atoms with van der Waals surface area (Å²) < 4.78 is 47.8. The highest BCUT2D eigenvalue weighted by molar-refractivity contribution is 6.16. The highest BCUT2D eigenvalue weighted by atomic mass is 35.5. The molecule has 0 spiro atoms. The van der Waals surface area contributed by atoms with Crippen LogP contribution in [0.4, 0.5) is 13.2 Å². The first-order chi connectivity index (χ1) is 12.4. The molecule has 0 atom stereocenters. The zero-order chi connectivity index (χ0) is 18.7. The number of rotatable bonds is 5. The lowest BCUT2D eigenvalue weighted by Gasteiger charge is -2.11. The van der Waals surface area contributed by atoms with E-state index in [1.807, 2.05) is 16.7 Å². The molecule has 0 unspecified atom stereocenters. The number of nitrogens with zero attached hydrogens (tertiary/aromatic N) is 2. The molecule has 4 nitrogen and oxygen atoms in total. The number of ether oxygens (including phenoxy) is 2. The Bertz CT molecular complexity index is 875. The van der Waals surface area contributed by atoms with Crippen LogP contribution in [0.1, 0.15) is 5.69 Å². The van der Waals surface area contributed by atoms with Gasteiger partial charge in [-0.05, 0) is 48.5 Å². The van der Waals surface area contributed by atoms with Crippen molar-refractivity contribution in [3.8, 4) is 28.6 Å². The lowest BCUT2D eigenvalue weighted by molar-refractivity contribution is -0.274. The van der Waals surface area contributed by atoms with Gasteiger partial charge in [0.1, 0.15) is 17.3 Å². The molecule has 2 aromatic carbocycles. The minimum Gasteiger partial charge on any atom is -0.497 e. The molecule has 26 heavy (non-hydrogen) atoms. The summed E-state index contributed by atoms with van der Waals surface area (Å²) in [6.07, 6.45) is -2.95. The summed E-state index contributed by atoms with van der Waals surface area (Å²) in [5.74, 6) is 1.19. The Morgan fingerprint density at radius 1 is 1.00 bits per heavy atom. The summed E-state index contributed by atoms with van der Waals surface area (Å²) in [5, 5.41) is 0. The highest BCUT2D eigenvalue weighted by Gasteiger charge is 2.31. The van der Waals surface area contributed by atoms with Gasteiger partial charge in [-0.15, -0.1) is 24.8 Å². The van der Waals surface area contributed by atoms with E-state index in [1.54, 1.807) is 25.4 Å². The number of alkyl halides is 4. The van der Waals surface area contributed by atoms with Gasteiger partial charge >= 0.3 is 6.36 Å². The lowest BCUT2D eigenvalue weighted by Crippen LogP contribution is -2.16. The fourth-order valence-corrected chi connectivity index (χ4v) is 2.57. The van der Waals surface area contributed by atoms with Crippen molar-refractivity contribution in [1.82, 2.24) is 9.55 Å². The molecule has 1 heterocycles. The smallest absolute Gasteiger partial charge is 0.497 e. The number of benzene rings is 2. The predicted octanol–water partition coefficient (Wildman–Crippen LogP) is 5.19. The number of imidazole rings is 1. The Morgan fingerprint density at radius 2 is 1.62 bits per heavy atom. The van der Waals surface area contributed by atoms with Crippen LogP contribution in [-0.2, 0) is 5.88 Å². The Kier molecular flexibility index (Phi) is 5.08. The van der Waals surface area contributed by atoms with E-state index in [0.29, 0.717) is 22.8 Å². The van der Waals surface area contributed by atoms with E-state index >= 15 is 0 Å². The largest absolute Gasteiger partial charge is 0.573 e. The van der Waals surface area contributed by atoms with Crippen molar-refractivity contribution < 1.29 is 22.6 Å². The van der Waals surface area contributed by atoms with Crippen molar-refractivity contribution in [2.24, 2.45) is 0 Å². The van der Waals surface area contributed by atoms with E-state index in [9.17, 15) is 13.2 Å². The molecule has 0 bridgehead atoms. The van der Waals surface area contributed by atoms with Gasteiger partial charge < -0.3 is 9.47 Å². The zero-order valence-electron chi connectivity index (χ0n) is 13.6. The van der Waals surface area contributed by atoms with Crippen molar-refractivity contribution in [1.29, 1.82) is 0 Å².